The van der Waals surface area contributed by atoms with Gasteiger partial charge in [0.05, 0.1) is 16.6 Å². The number of thioether (sulfide) groups is 1. The first-order valence-corrected chi connectivity index (χ1v) is 11.4. The zero-order chi connectivity index (χ0) is 19.7. The van der Waals surface area contributed by atoms with Crippen molar-refractivity contribution < 1.29 is 9.84 Å². The van der Waals surface area contributed by atoms with E-state index in [9.17, 15) is 9.90 Å². The summed E-state index contributed by atoms with van der Waals surface area (Å²) >= 11 is 3.17. The maximum atomic E-state index is 13.5. The van der Waals surface area contributed by atoms with Crippen molar-refractivity contribution in [1.29, 1.82) is 0 Å². The standard InChI is InChI=1S/C21H24N2O3S2/c1-3-4-6-13-9-15-18-20(28-19(15)16(24)10-13)22-17(12-26-2)23(21(18)25)11-14-7-5-8-27-14/h7,9-10,24H,3-6,8,11-12H2,1-2H3. The lowest BCUT2D eigenvalue weighted by molar-refractivity contribution is 0.173. The summed E-state index contributed by atoms with van der Waals surface area (Å²) in [6.45, 7) is 2.96. The van der Waals surface area contributed by atoms with Gasteiger partial charge < -0.3 is 9.84 Å². The molecule has 2 aromatic heterocycles. The van der Waals surface area contributed by atoms with Crippen LogP contribution >= 0.6 is 23.1 Å². The van der Waals surface area contributed by atoms with Gasteiger partial charge >= 0.3 is 0 Å². The molecule has 148 valence electrons. The highest BCUT2D eigenvalue weighted by Crippen LogP contribution is 2.38. The summed E-state index contributed by atoms with van der Waals surface area (Å²) in [5.74, 6) is 1.93. The molecule has 4 rings (SSSR count). The second-order valence-electron chi connectivity index (χ2n) is 7.04. The number of aromatic nitrogens is 2. The van der Waals surface area contributed by atoms with Gasteiger partial charge in [0, 0.05) is 23.2 Å². The smallest absolute Gasteiger partial charge is 0.263 e. The maximum absolute atomic E-state index is 13.5. The van der Waals surface area contributed by atoms with Crippen molar-refractivity contribution in [2.75, 3.05) is 12.9 Å². The Hall–Kier alpha value is -1.83. The van der Waals surface area contributed by atoms with Gasteiger partial charge in [-0.2, -0.15) is 0 Å². The van der Waals surface area contributed by atoms with Gasteiger partial charge in [0.1, 0.15) is 23.0 Å². The molecule has 1 N–H and O–H groups in total. The third kappa shape index (κ3) is 3.58. The van der Waals surface area contributed by atoms with E-state index < -0.39 is 0 Å². The van der Waals surface area contributed by atoms with Crippen LogP contribution in [0.5, 0.6) is 5.75 Å². The first-order chi connectivity index (χ1) is 13.6. The molecule has 1 aliphatic heterocycles. The van der Waals surface area contributed by atoms with E-state index in [0.29, 0.717) is 22.6 Å². The van der Waals surface area contributed by atoms with Crippen LogP contribution in [0, 0.1) is 0 Å². The number of phenols is 1. The lowest BCUT2D eigenvalue weighted by atomic mass is 10.1. The molecule has 3 heterocycles. The molecule has 0 unspecified atom stereocenters. The molecular formula is C21H24N2O3S2. The first kappa shape index (κ1) is 19.5. The van der Waals surface area contributed by atoms with Crippen molar-refractivity contribution in [3.8, 4) is 5.75 Å². The topological polar surface area (TPSA) is 64.4 Å². The molecule has 0 amide bonds. The fraction of sp³-hybridized carbons (Fsp3) is 0.429. The number of allylic oxidation sites excluding steroid dienone is 2. The Morgan fingerprint density at radius 1 is 1.36 bits per heavy atom. The van der Waals surface area contributed by atoms with Gasteiger partial charge in [-0.25, -0.2) is 4.98 Å². The Morgan fingerprint density at radius 2 is 2.21 bits per heavy atom. The average molecular weight is 417 g/mol. The number of aromatic hydroxyl groups is 1. The van der Waals surface area contributed by atoms with Gasteiger partial charge in [0.25, 0.3) is 5.56 Å². The molecule has 0 saturated carbocycles. The number of aryl methyl sites for hydroxylation is 1. The second-order valence-corrected chi connectivity index (χ2v) is 9.26. The largest absolute Gasteiger partial charge is 0.506 e. The minimum absolute atomic E-state index is 0.0521. The highest BCUT2D eigenvalue weighted by molar-refractivity contribution is 8.03. The van der Waals surface area contributed by atoms with E-state index in [2.05, 4.69) is 19.1 Å². The summed E-state index contributed by atoms with van der Waals surface area (Å²) in [6.07, 6.45) is 6.27. The number of phenolic OH excluding ortho intramolecular Hbond substituents is 1. The van der Waals surface area contributed by atoms with Crippen molar-refractivity contribution in [2.45, 2.75) is 45.8 Å². The number of fused-ring (bicyclic) bond motifs is 3. The molecule has 0 radical (unpaired) electrons. The number of hydrogen-bond acceptors (Lipinski definition) is 6. The average Bonchev–Trinajstić information content (AvgIpc) is 3.31. The fourth-order valence-corrected chi connectivity index (χ4v) is 5.64. The number of thiophene rings is 1. The fourth-order valence-electron chi connectivity index (χ4n) is 3.61. The van der Waals surface area contributed by atoms with Crippen LogP contribution in [0.15, 0.2) is 27.9 Å². The van der Waals surface area contributed by atoms with Gasteiger partial charge in [-0.15, -0.1) is 23.1 Å². The van der Waals surface area contributed by atoms with Crippen LogP contribution in [0.3, 0.4) is 0 Å². The Morgan fingerprint density at radius 3 is 2.93 bits per heavy atom. The molecule has 0 bridgehead atoms. The minimum Gasteiger partial charge on any atom is -0.506 e. The van der Waals surface area contributed by atoms with Crippen LogP contribution in [0.25, 0.3) is 20.3 Å². The summed E-state index contributed by atoms with van der Waals surface area (Å²) in [5.41, 5.74) is 1.01. The molecule has 0 aliphatic carbocycles. The summed E-state index contributed by atoms with van der Waals surface area (Å²) in [6, 6.07) is 3.87. The van der Waals surface area contributed by atoms with Crippen LogP contribution in [-0.2, 0) is 24.3 Å². The molecule has 0 spiro atoms. The molecule has 28 heavy (non-hydrogen) atoms. The maximum Gasteiger partial charge on any atom is 0.263 e. The van der Waals surface area contributed by atoms with Crippen LogP contribution in [0.2, 0.25) is 0 Å². The molecule has 5 nitrogen and oxygen atoms in total. The lowest BCUT2D eigenvalue weighted by Gasteiger charge is -2.12. The number of nitrogens with zero attached hydrogens (tertiary/aromatic N) is 2. The molecule has 0 atom stereocenters. The minimum atomic E-state index is -0.0521. The Kier molecular flexibility index (Phi) is 5.75. The van der Waals surface area contributed by atoms with Crippen LogP contribution in [-0.4, -0.2) is 27.5 Å². The number of hydrogen-bond donors (Lipinski definition) is 1. The van der Waals surface area contributed by atoms with E-state index in [1.807, 2.05) is 6.07 Å². The summed E-state index contributed by atoms with van der Waals surface area (Å²) in [4.78, 5) is 20.1. The third-order valence-electron chi connectivity index (χ3n) is 5.00. The Bertz CT molecular complexity index is 1110. The number of benzene rings is 1. The number of rotatable bonds is 7. The van der Waals surface area contributed by atoms with Gasteiger partial charge in [-0.05, 0) is 37.0 Å². The van der Waals surface area contributed by atoms with Crippen molar-refractivity contribution in [3.63, 3.8) is 0 Å². The predicted octanol–water partition coefficient (Wildman–Crippen LogP) is 4.83. The molecule has 3 aromatic rings. The molecule has 1 aromatic carbocycles. The van der Waals surface area contributed by atoms with Crippen molar-refractivity contribution in [3.05, 3.63) is 44.9 Å². The van der Waals surface area contributed by atoms with Crippen molar-refractivity contribution in [2.24, 2.45) is 0 Å². The van der Waals surface area contributed by atoms with Crippen LogP contribution < -0.4 is 5.56 Å². The van der Waals surface area contributed by atoms with Gasteiger partial charge in [0.15, 0.2) is 0 Å². The normalized spacial score (nSPS) is 14.3. The van der Waals surface area contributed by atoms with E-state index in [1.165, 1.54) is 16.2 Å². The Labute approximate surface area is 172 Å². The number of methoxy groups -OCH3 is 1. The number of ether oxygens (including phenoxy) is 1. The highest BCUT2D eigenvalue weighted by atomic mass is 32.2. The molecule has 0 saturated heterocycles. The molecule has 7 heteroatoms. The zero-order valence-corrected chi connectivity index (χ0v) is 17.8. The lowest BCUT2D eigenvalue weighted by Crippen LogP contribution is -2.25. The van der Waals surface area contributed by atoms with Gasteiger partial charge in [0.2, 0.25) is 0 Å². The van der Waals surface area contributed by atoms with Crippen molar-refractivity contribution >= 4 is 43.4 Å². The van der Waals surface area contributed by atoms with Crippen LogP contribution in [0.4, 0.5) is 0 Å². The summed E-state index contributed by atoms with van der Waals surface area (Å²) in [5, 5.41) is 12.0. The first-order valence-electron chi connectivity index (χ1n) is 9.61. The van der Waals surface area contributed by atoms with Gasteiger partial charge in [-0.1, -0.05) is 19.4 Å². The van der Waals surface area contributed by atoms with E-state index in [1.54, 1.807) is 23.4 Å². The second kappa shape index (κ2) is 8.27. The summed E-state index contributed by atoms with van der Waals surface area (Å²) in [7, 11) is 1.61. The quantitative estimate of drug-likeness (QED) is 0.598. The van der Waals surface area contributed by atoms with Crippen LogP contribution in [0.1, 0.15) is 37.6 Å². The van der Waals surface area contributed by atoms with E-state index in [0.717, 1.165) is 47.1 Å². The van der Waals surface area contributed by atoms with E-state index >= 15 is 0 Å². The summed E-state index contributed by atoms with van der Waals surface area (Å²) < 4.78 is 7.77. The van der Waals surface area contributed by atoms with Gasteiger partial charge in [-0.3, -0.25) is 9.36 Å². The number of unbranched alkanes of at least 4 members (excludes halogenated alkanes) is 1. The molecule has 1 aliphatic rings. The predicted molar refractivity (Wildman–Crippen MR) is 118 cm³/mol. The van der Waals surface area contributed by atoms with E-state index in [-0.39, 0.29) is 17.9 Å². The Balaban J connectivity index is 1.93. The highest BCUT2D eigenvalue weighted by Gasteiger charge is 2.20. The monoisotopic (exact) mass is 416 g/mol. The zero-order valence-electron chi connectivity index (χ0n) is 16.2. The molecule has 0 fully saturated rings. The SMILES string of the molecule is CCCCc1cc(O)c2sc3nc(COC)n(CC4=CCCS4)c(=O)c3c2c1. The van der Waals surface area contributed by atoms with Crippen molar-refractivity contribution in [1.82, 2.24) is 9.55 Å². The molecular weight excluding hydrogens is 392 g/mol. The van der Waals surface area contributed by atoms with E-state index in [4.69, 9.17) is 9.72 Å². The third-order valence-corrected chi connectivity index (χ3v) is 7.22.